The molecule has 35 heavy (non-hydrogen) atoms. The van der Waals surface area contributed by atoms with Gasteiger partial charge in [-0.3, -0.25) is 9.59 Å². The minimum Gasteiger partial charge on any atom is -0.447 e. The summed E-state index contributed by atoms with van der Waals surface area (Å²) in [5.41, 5.74) is -5.29. The first kappa shape index (κ1) is 26.6. The number of hydrogen-bond acceptors (Lipinski definition) is 4. The Bertz CT molecular complexity index is 1160. The number of carbonyl (C=O) groups excluding carboxylic acids is 2. The van der Waals surface area contributed by atoms with Gasteiger partial charge in [0.2, 0.25) is 11.7 Å². The number of anilines is 1. The van der Waals surface area contributed by atoms with Gasteiger partial charge in [-0.2, -0.15) is 13.2 Å². The van der Waals surface area contributed by atoms with Gasteiger partial charge in [0, 0.05) is 27.8 Å². The van der Waals surface area contributed by atoms with E-state index in [-0.39, 0.29) is 16.6 Å². The number of ether oxygens (including phenoxy) is 1. The lowest BCUT2D eigenvalue weighted by Gasteiger charge is -2.29. The topological polar surface area (TPSA) is 75.6 Å². The molecule has 0 radical (unpaired) electrons. The normalized spacial score (nSPS) is 16.3. The number of benzene rings is 2. The van der Waals surface area contributed by atoms with Gasteiger partial charge in [-0.25, -0.2) is 0 Å². The SMILES string of the molecule is CC(C)(C)C(=O)O[C@H](C(=O)Nc1ccc(Cl)cc1[C@@](O)(C#CC1CC1)C(F)(F)F)c1ccccc1. The van der Waals surface area contributed by atoms with Crippen LogP contribution in [0.15, 0.2) is 48.5 Å². The van der Waals surface area contributed by atoms with Crippen LogP contribution in [0.2, 0.25) is 5.02 Å². The third-order valence-corrected chi connectivity index (χ3v) is 5.49. The Labute approximate surface area is 206 Å². The zero-order valence-electron chi connectivity index (χ0n) is 19.4. The number of amides is 1. The highest BCUT2D eigenvalue weighted by atomic mass is 35.5. The molecule has 0 bridgehead atoms. The van der Waals surface area contributed by atoms with Gasteiger partial charge in [0.1, 0.15) is 0 Å². The molecule has 9 heteroatoms. The fourth-order valence-electron chi connectivity index (χ4n) is 3.03. The molecular weight excluding hydrogens is 483 g/mol. The number of halogens is 4. The van der Waals surface area contributed by atoms with Gasteiger partial charge < -0.3 is 15.2 Å². The molecule has 1 fully saturated rings. The minimum absolute atomic E-state index is 0.0901. The van der Waals surface area contributed by atoms with Gasteiger partial charge in [0.25, 0.3) is 5.91 Å². The highest BCUT2D eigenvalue weighted by Gasteiger charge is 2.56. The first-order valence-corrected chi connectivity index (χ1v) is 11.3. The standard InChI is InChI=1S/C26H25ClF3NO4/c1-24(2,3)23(33)35-21(17-7-5-4-6-8-17)22(32)31-20-12-11-18(27)15-19(20)25(34,26(28,29)30)14-13-16-9-10-16/h4-8,11-12,15-16,21,34H,9-10H2,1-3H3,(H,31,32)/t21-,25-/m0/s1. The quantitative estimate of drug-likeness (QED) is 0.398. The average molecular weight is 508 g/mol. The molecule has 186 valence electrons. The van der Waals surface area contributed by atoms with E-state index in [1.165, 1.54) is 6.07 Å². The van der Waals surface area contributed by atoms with Crippen molar-refractivity contribution in [1.29, 1.82) is 0 Å². The molecule has 5 nitrogen and oxygen atoms in total. The molecule has 1 aliphatic carbocycles. The third kappa shape index (κ3) is 6.36. The predicted octanol–water partition coefficient (Wildman–Crippen LogP) is 5.77. The van der Waals surface area contributed by atoms with Crippen LogP contribution >= 0.6 is 11.6 Å². The molecule has 2 N–H and O–H groups in total. The fraction of sp³-hybridized carbons (Fsp3) is 0.385. The van der Waals surface area contributed by atoms with Gasteiger partial charge >= 0.3 is 12.1 Å². The highest BCUT2D eigenvalue weighted by molar-refractivity contribution is 6.30. The number of nitrogens with one attached hydrogen (secondary N) is 1. The number of alkyl halides is 3. The molecule has 0 unspecified atom stereocenters. The van der Waals surface area contributed by atoms with Gasteiger partial charge in [-0.1, -0.05) is 53.8 Å². The lowest BCUT2D eigenvalue weighted by molar-refractivity contribution is -0.240. The van der Waals surface area contributed by atoms with Crippen LogP contribution in [0.1, 0.15) is 50.8 Å². The molecule has 1 aliphatic rings. The molecule has 3 rings (SSSR count). The van der Waals surface area contributed by atoms with Crippen molar-refractivity contribution in [2.24, 2.45) is 11.3 Å². The third-order valence-electron chi connectivity index (χ3n) is 5.25. The van der Waals surface area contributed by atoms with Crippen LogP contribution in [0, 0.1) is 23.2 Å². The summed E-state index contributed by atoms with van der Waals surface area (Å²) in [5, 5.41) is 13.0. The summed E-state index contributed by atoms with van der Waals surface area (Å²) >= 11 is 5.95. The Morgan fingerprint density at radius 2 is 1.74 bits per heavy atom. The first-order valence-electron chi connectivity index (χ1n) is 10.9. The molecule has 2 aromatic carbocycles. The van der Waals surface area contributed by atoms with Crippen molar-refractivity contribution in [3.05, 3.63) is 64.7 Å². The van der Waals surface area contributed by atoms with Crippen LogP contribution in [-0.2, 0) is 19.9 Å². The molecule has 0 aromatic heterocycles. The number of esters is 1. The number of aliphatic hydroxyl groups is 1. The van der Waals surface area contributed by atoms with Crippen molar-refractivity contribution in [3.63, 3.8) is 0 Å². The lowest BCUT2D eigenvalue weighted by Crippen LogP contribution is -2.42. The zero-order valence-corrected chi connectivity index (χ0v) is 20.1. The van der Waals surface area contributed by atoms with Crippen molar-refractivity contribution in [3.8, 4) is 11.8 Å². The van der Waals surface area contributed by atoms with E-state index in [1.807, 2.05) is 5.92 Å². The van der Waals surface area contributed by atoms with Gasteiger partial charge in [0.15, 0.2) is 0 Å². The van der Waals surface area contributed by atoms with Gasteiger partial charge in [-0.05, 0) is 51.8 Å². The van der Waals surface area contributed by atoms with Crippen LogP contribution in [0.25, 0.3) is 0 Å². The summed E-state index contributed by atoms with van der Waals surface area (Å²) in [6, 6.07) is 11.4. The second-order valence-corrected chi connectivity index (χ2v) is 9.81. The Morgan fingerprint density at radius 3 is 2.29 bits per heavy atom. The second-order valence-electron chi connectivity index (χ2n) is 9.38. The average Bonchev–Trinajstić information content (AvgIpc) is 3.60. The zero-order chi connectivity index (χ0) is 26.0. The number of carbonyl (C=O) groups is 2. The van der Waals surface area contributed by atoms with Crippen molar-refractivity contribution >= 4 is 29.2 Å². The second kappa shape index (κ2) is 9.92. The number of rotatable bonds is 5. The molecule has 1 amide bonds. The largest absolute Gasteiger partial charge is 0.447 e. The smallest absolute Gasteiger partial charge is 0.433 e. The van der Waals surface area contributed by atoms with E-state index < -0.39 is 40.7 Å². The molecule has 2 atom stereocenters. The monoisotopic (exact) mass is 507 g/mol. The molecule has 0 heterocycles. The summed E-state index contributed by atoms with van der Waals surface area (Å²) in [6.07, 6.45) is -5.34. The van der Waals surface area contributed by atoms with E-state index in [0.29, 0.717) is 18.4 Å². The summed E-state index contributed by atoms with van der Waals surface area (Å²) < 4.78 is 47.6. The van der Waals surface area contributed by atoms with Crippen LogP contribution in [0.5, 0.6) is 0 Å². The Balaban J connectivity index is 2.03. The van der Waals surface area contributed by atoms with E-state index in [9.17, 15) is 27.9 Å². The maximum Gasteiger partial charge on any atom is 0.433 e. The summed E-state index contributed by atoms with van der Waals surface area (Å²) in [7, 11) is 0. The Hall–Kier alpha value is -3.02. The Morgan fingerprint density at radius 1 is 1.11 bits per heavy atom. The van der Waals surface area contributed by atoms with Gasteiger partial charge in [0.05, 0.1) is 5.41 Å². The van der Waals surface area contributed by atoms with Crippen LogP contribution in [0.4, 0.5) is 18.9 Å². The predicted molar refractivity (Wildman–Crippen MR) is 125 cm³/mol. The van der Waals surface area contributed by atoms with Crippen molar-refractivity contribution in [1.82, 2.24) is 0 Å². The lowest BCUT2D eigenvalue weighted by atomic mass is 9.91. The van der Waals surface area contributed by atoms with Crippen LogP contribution in [-0.4, -0.2) is 23.2 Å². The van der Waals surface area contributed by atoms with E-state index in [0.717, 1.165) is 12.1 Å². The van der Waals surface area contributed by atoms with E-state index in [1.54, 1.807) is 51.1 Å². The summed E-state index contributed by atoms with van der Waals surface area (Å²) in [6.45, 7) is 4.82. The van der Waals surface area contributed by atoms with E-state index in [2.05, 4.69) is 11.2 Å². The first-order chi connectivity index (χ1) is 16.2. The molecule has 1 saturated carbocycles. The molecular formula is C26H25ClF3NO4. The van der Waals surface area contributed by atoms with Gasteiger partial charge in [-0.15, -0.1) is 0 Å². The minimum atomic E-state index is -5.18. The summed E-state index contributed by atoms with van der Waals surface area (Å²) in [4.78, 5) is 25.8. The molecule has 0 aliphatic heterocycles. The Kier molecular flexibility index (Phi) is 7.53. The number of hydrogen-bond donors (Lipinski definition) is 2. The molecule has 0 saturated heterocycles. The van der Waals surface area contributed by atoms with E-state index in [4.69, 9.17) is 16.3 Å². The molecule has 2 aromatic rings. The highest BCUT2D eigenvalue weighted by Crippen LogP contribution is 2.43. The molecule has 0 spiro atoms. The van der Waals surface area contributed by atoms with Crippen molar-refractivity contribution in [2.75, 3.05) is 5.32 Å². The van der Waals surface area contributed by atoms with Crippen molar-refractivity contribution in [2.45, 2.75) is 51.5 Å². The van der Waals surface area contributed by atoms with Crippen molar-refractivity contribution < 1.29 is 32.6 Å². The summed E-state index contributed by atoms with van der Waals surface area (Å²) in [5.74, 6) is 2.59. The van der Waals surface area contributed by atoms with Crippen LogP contribution in [0.3, 0.4) is 0 Å². The maximum absolute atomic E-state index is 14.1. The maximum atomic E-state index is 14.1. The fourth-order valence-corrected chi connectivity index (χ4v) is 3.20. The van der Waals surface area contributed by atoms with Crippen LogP contribution < -0.4 is 5.32 Å². The van der Waals surface area contributed by atoms with E-state index >= 15 is 0 Å².